The number of carbonyl (C=O) groups excluding carboxylic acids is 1. The van der Waals surface area contributed by atoms with Crippen LogP contribution in [-0.2, 0) is 6.54 Å². The van der Waals surface area contributed by atoms with E-state index in [1.807, 2.05) is 67.9 Å². The topological polar surface area (TPSA) is 85.8 Å². The zero-order valence-corrected chi connectivity index (χ0v) is 17.7. The summed E-state index contributed by atoms with van der Waals surface area (Å²) in [5, 5.41) is 3.69. The van der Waals surface area contributed by atoms with Crippen LogP contribution in [-0.4, -0.2) is 20.4 Å². The summed E-state index contributed by atoms with van der Waals surface area (Å²) in [6.45, 7) is 6.75. The van der Waals surface area contributed by atoms with Gasteiger partial charge in [0, 0.05) is 29.6 Å². The zero-order chi connectivity index (χ0) is 22.0. The summed E-state index contributed by atoms with van der Waals surface area (Å²) < 4.78 is 2.00. The predicted octanol–water partition coefficient (Wildman–Crippen LogP) is 4.30. The largest absolute Gasteiger partial charge is 0.383 e. The van der Waals surface area contributed by atoms with Gasteiger partial charge in [0.05, 0.1) is 10.9 Å². The van der Waals surface area contributed by atoms with Crippen LogP contribution in [0.1, 0.15) is 39.5 Å². The summed E-state index contributed by atoms with van der Waals surface area (Å²) in [5.41, 5.74) is 11.8. The summed E-state index contributed by atoms with van der Waals surface area (Å²) >= 11 is 0. The lowest BCUT2D eigenvalue weighted by Crippen LogP contribution is -2.12. The monoisotopic (exact) mass is 409 g/mol. The molecule has 6 heteroatoms. The van der Waals surface area contributed by atoms with Gasteiger partial charge in [0.25, 0.3) is 5.91 Å². The molecule has 154 valence electrons. The minimum Gasteiger partial charge on any atom is -0.383 e. The number of amides is 1. The maximum absolute atomic E-state index is 12.7. The highest BCUT2D eigenvalue weighted by molar-refractivity contribution is 6.04. The van der Waals surface area contributed by atoms with Crippen molar-refractivity contribution in [1.29, 1.82) is 0 Å². The Bertz CT molecular complexity index is 1360. The molecule has 0 aliphatic heterocycles. The van der Waals surface area contributed by atoms with Crippen LogP contribution in [0.15, 0.2) is 55.0 Å². The molecule has 6 nitrogen and oxygen atoms in total. The van der Waals surface area contributed by atoms with Gasteiger partial charge in [-0.3, -0.25) is 4.79 Å². The van der Waals surface area contributed by atoms with E-state index in [9.17, 15) is 4.79 Å². The van der Waals surface area contributed by atoms with Crippen molar-refractivity contribution in [2.24, 2.45) is 0 Å². The number of fused-ring (bicyclic) bond motifs is 1. The summed E-state index contributed by atoms with van der Waals surface area (Å²) in [4.78, 5) is 21.2. The number of nitrogens with two attached hydrogens (primary N) is 1. The fraction of sp³-hybridized carbons (Fsp3) is 0.160. The molecular formula is C25H23N5O. The highest BCUT2D eigenvalue weighted by Gasteiger charge is 2.12. The van der Waals surface area contributed by atoms with E-state index in [0.29, 0.717) is 11.4 Å². The van der Waals surface area contributed by atoms with Crippen LogP contribution < -0.4 is 11.1 Å². The van der Waals surface area contributed by atoms with Gasteiger partial charge in [-0.05, 0) is 56.2 Å². The molecule has 2 aromatic carbocycles. The first-order chi connectivity index (χ1) is 15.0. The molecule has 0 radical (unpaired) electrons. The second-order valence-corrected chi connectivity index (χ2v) is 7.39. The molecule has 4 aromatic rings. The minimum atomic E-state index is -0.172. The Balaban J connectivity index is 1.68. The molecule has 31 heavy (non-hydrogen) atoms. The number of nitrogens with one attached hydrogen (secondary N) is 1. The first-order valence-corrected chi connectivity index (χ1v) is 10.1. The van der Waals surface area contributed by atoms with Crippen molar-refractivity contribution >= 4 is 28.4 Å². The summed E-state index contributed by atoms with van der Waals surface area (Å²) in [5.74, 6) is 6.64. The number of carbonyl (C=O) groups is 1. The smallest absolute Gasteiger partial charge is 0.255 e. The van der Waals surface area contributed by atoms with E-state index in [2.05, 4.69) is 27.1 Å². The highest BCUT2D eigenvalue weighted by atomic mass is 16.1. The average Bonchev–Trinajstić information content (AvgIpc) is 3.12. The van der Waals surface area contributed by atoms with E-state index in [-0.39, 0.29) is 5.91 Å². The van der Waals surface area contributed by atoms with Gasteiger partial charge in [-0.2, -0.15) is 0 Å². The third kappa shape index (κ3) is 4.12. The molecule has 2 heterocycles. The molecule has 4 rings (SSSR count). The van der Waals surface area contributed by atoms with Gasteiger partial charge >= 0.3 is 0 Å². The Kier molecular flexibility index (Phi) is 5.42. The molecule has 3 N–H and O–H groups in total. The minimum absolute atomic E-state index is 0.172. The second-order valence-electron chi connectivity index (χ2n) is 7.39. The molecule has 0 saturated carbocycles. The fourth-order valence-electron chi connectivity index (χ4n) is 3.44. The number of rotatable bonds is 3. The Morgan fingerprint density at radius 3 is 2.68 bits per heavy atom. The van der Waals surface area contributed by atoms with Crippen molar-refractivity contribution in [3.05, 3.63) is 82.8 Å². The standard InChI is InChI=1S/C25H23N5O/c1-4-30-14-20(22-23(26)27-15-28-24(22)30)11-10-18-13-19(9-8-17(18)3)25(31)29-21-7-5-6-16(2)12-21/h5-9,12-15H,4H2,1-3H3,(H,29,31)(H2,26,27,28). The van der Waals surface area contributed by atoms with Crippen molar-refractivity contribution in [3.8, 4) is 11.8 Å². The molecule has 0 saturated heterocycles. The number of aromatic nitrogens is 3. The van der Waals surface area contributed by atoms with E-state index in [4.69, 9.17) is 5.73 Å². The van der Waals surface area contributed by atoms with Crippen molar-refractivity contribution in [1.82, 2.24) is 14.5 Å². The summed E-state index contributed by atoms with van der Waals surface area (Å²) in [7, 11) is 0. The number of nitrogens with zero attached hydrogens (tertiary/aromatic N) is 3. The lowest BCUT2D eigenvalue weighted by atomic mass is 10.0. The zero-order valence-electron chi connectivity index (χ0n) is 17.7. The lowest BCUT2D eigenvalue weighted by Gasteiger charge is -2.07. The van der Waals surface area contributed by atoms with Gasteiger partial charge in [0.2, 0.25) is 0 Å². The van der Waals surface area contributed by atoms with Crippen LogP contribution in [0.5, 0.6) is 0 Å². The Hall–Kier alpha value is -4.11. The molecular weight excluding hydrogens is 386 g/mol. The second kappa shape index (κ2) is 8.33. The van der Waals surface area contributed by atoms with Crippen LogP contribution in [0.4, 0.5) is 11.5 Å². The molecule has 0 unspecified atom stereocenters. The molecule has 1 amide bonds. The Morgan fingerprint density at radius 1 is 1.10 bits per heavy atom. The number of benzene rings is 2. The van der Waals surface area contributed by atoms with Crippen LogP contribution in [0.3, 0.4) is 0 Å². The van der Waals surface area contributed by atoms with Gasteiger partial charge in [0.1, 0.15) is 17.8 Å². The van der Waals surface area contributed by atoms with Crippen LogP contribution >= 0.6 is 0 Å². The highest BCUT2D eigenvalue weighted by Crippen LogP contribution is 2.23. The molecule has 2 aromatic heterocycles. The van der Waals surface area contributed by atoms with E-state index in [0.717, 1.165) is 45.5 Å². The van der Waals surface area contributed by atoms with Crippen LogP contribution in [0.2, 0.25) is 0 Å². The maximum atomic E-state index is 12.7. The van der Waals surface area contributed by atoms with Crippen molar-refractivity contribution in [2.45, 2.75) is 27.3 Å². The summed E-state index contributed by atoms with van der Waals surface area (Å²) in [6.07, 6.45) is 3.40. The maximum Gasteiger partial charge on any atom is 0.255 e. The fourth-order valence-corrected chi connectivity index (χ4v) is 3.44. The molecule has 0 spiro atoms. The molecule has 0 atom stereocenters. The first kappa shape index (κ1) is 20.2. The normalized spacial score (nSPS) is 10.5. The van der Waals surface area contributed by atoms with Gasteiger partial charge in [-0.1, -0.05) is 30.0 Å². The third-order valence-electron chi connectivity index (χ3n) is 5.13. The summed E-state index contributed by atoms with van der Waals surface area (Å²) in [6, 6.07) is 13.2. The first-order valence-electron chi connectivity index (χ1n) is 10.1. The van der Waals surface area contributed by atoms with Crippen molar-refractivity contribution < 1.29 is 4.79 Å². The van der Waals surface area contributed by atoms with E-state index in [1.165, 1.54) is 6.33 Å². The van der Waals surface area contributed by atoms with Crippen LogP contribution in [0, 0.1) is 25.7 Å². The van der Waals surface area contributed by atoms with E-state index >= 15 is 0 Å². The third-order valence-corrected chi connectivity index (χ3v) is 5.13. The number of nitrogen functional groups attached to an aromatic ring is 1. The number of anilines is 2. The van der Waals surface area contributed by atoms with Crippen molar-refractivity contribution in [3.63, 3.8) is 0 Å². The molecule has 0 aliphatic carbocycles. The molecule has 0 aliphatic rings. The van der Waals surface area contributed by atoms with Gasteiger partial charge < -0.3 is 15.6 Å². The number of aryl methyl sites for hydroxylation is 3. The molecule has 0 fully saturated rings. The average molecular weight is 409 g/mol. The Labute approximate surface area is 181 Å². The number of hydrogen-bond acceptors (Lipinski definition) is 4. The van der Waals surface area contributed by atoms with Gasteiger partial charge in [-0.15, -0.1) is 0 Å². The lowest BCUT2D eigenvalue weighted by molar-refractivity contribution is 0.102. The number of hydrogen-bond donors (Lipinski definition) is 2. The molecule has 0 bridgehead atoms. The van der Waals surface area contributed by atoms with E-state index < -0.39 is 0 Å². The van der Waals surface area contributed by atoms with Crippen LogP contribution in [0.25, 0.3) is 11.0 Å². The van der Waals surface area contributed by atoms with Gasteiger partial charge in [-0.25, -0.2) is 9.97 Å². The SMILES string of the molecule is CCn1cc(C#Cc2cc(C(=O)Nc3cccc(C)c3)ccc2C)c2c(N)ncnc21. The van der Waals surface area contributed by atoms with Crippen molar-refractivity contribution in [2.75, 3.05) is 11.1 Å². The quantitative estimate of drug-likeness (QED) is 0.494. The van der Waals surface area contributed by atoms with Gasteiger partial charge in [0.15, 0.2) is 0 Å². The Morgan fingerprint density at radius 2 is 1.90 bits per heavy atom. The predicted molar refractivity (Wildman–Crippen MR) is 124 cm³/mol. The van der Waals surface area contributed by atoms with E-state index in [1.54, 1.807) is 6.07 Å².